The molecule has 0 saturated carbocycles. The average Bonchev–Trinajstić information content (AvgIpc) is 2.69. The minimum Gasteiger partial charge on any atom is -0.450 e. The number of rotatable bonds is 8. The summed E-state index contributed by atoms with van der Waals surface area (Å²) in [5.74, 6) is 0.160. The average molecular weight is 381 g/mol. The van der Waals surface area contributed by atoms with Crippen LogP contribution in [0.25, 0.3) is 0 Å². The van der Waals surface area contributed by atoms with Gasteiger partial charge in [-0.2, -0.15) is 5.10 Å². The van der Waals surface area contributed by atoms with Crippen molar-refractivity contribution in [2.45, 2.75) is 39.2 Å². The van der Waals surface area contributed by atoms with Crippen LogP contribution in [0.3, 0.4) is 0 Å². The van der Waals surface area contributed by atoms with Crippen molar-refractivity contribution >= 4 is 18.2 Å². The number of hydrogen-bond donors (Lipinski definition) is 2. The molecule has 0 aromatic heterocycles. The second-order valence-electron chi connectivity index (χ2n) is 6.65. The standard InChI is InChI=1S/C22H27N3O3/c1-4-28-22(27)24-20(19-8-6-5-7-9-19)14-21(26)25-23-15-17-10-12-18(13-11-17)16(2)3/h5-13,15-16,20H,4,14H2,1-3H3,(H,24,27)(H,25,26)/b23-15-/t20-/m1/s1. The summed E-state index contributed by atoms with van der Waals surface area (Å²) >= 11 is 0. The summed E-state index contributed by atoms with van der Waals surface area (Å²) in [6.07, 6.45) is 1.09. The molecule has 2 rings (SSSR count). The Hall–Kier alpha value is -3.15. The molecule has 0 heterocycles. The Morgan fingerprint density at radius 2 is 1.71 bits per heavy atom. The van der Waals surface area contributed by atoms with Gasteiger partial charge in [0, 0.05) is 0 Å². The molecule has 6 nitrogen and oxygen atoms in total. The zero-order chi connectivity index (χ0) is 20.4. The number of benzene rings is 2. The SMILES string of the molecule is CCOC(=O)N[C@H](CC(=O)N/N=C\c1ccc(C(C)C)cc1)c1ccccc1. The third-order valence-corrected chi connectivity index (χ3v) is 4.16. The highest BCUT2D eigenvalue weighted by atomic mass is 16.5. The van der Waals surface area contributed by atoms with E-state index in [0.717, 1.165) is 11.1 Å². The van der Waals surface area contributed by atoms with Crippen LogP contribution in [0.15, 0.2) is 59.7 Å². The first-order valence-corrected chi connectivity index (χ1v) is 9.39. The number of hydrazone groups is 1. The van der Waals surface area contributed by atoms with Crippen LogP contribution >= 0.6 is 0 Å². The van der Waals surface area contributed by atoms with Crippen LogP contribution < -0.4 is 10.7 Å². The maximum absolute atomic E-state index is 12.3. The Morgan fingerprint density at radius 1 is 1.04 bits per heavy atom. The molecule has 2 aromatic carbocycles. The van der Waals surface area contributed by atoms with Crippen molar-refractivity contribution in [3.8, 4) is 0 Å². The van der Waals surface area contributed by atoms with E-state index in [1.54, 1.807) is 13.1 Å². The first-order valence-electron chi connectivity index (χ1n) is 9.39. The van der Waals surface area contributed by atoms with Gasteiger partial charge >= 0.3 is 6.09 Å². The van der Waals surface area contributed by atoms with Crippen LogP contribution in [0.1, 0.15) is 55.8 Å². The van der Waals surface area contributed by atoms with E-state index in [-0.39, 0.29) is 18.9 Å². The molecule has 6 heteroatoms. The summed E-state index contributed by atoms with van der Waals surface area (Å²) in [6, 6.07) is 16.8. The first-order chi connectivity index (χ1) is 13.5. The minimum atomic E-state index is -0.558. The number of carbonyl (C=O) groups is 2. The third kappa shape index (κ3) is 6.87. The van der Waals surface area contributed by atoms with E-state index in [1.165, 1.54) is 5.56 Å². The van der Waals surface area contributed by atoms with E-state index in [1.807, 2.05) is 54.6 Å². The molecule has 28 heavy (non-hydrogen) atoms. The van der Waals surface area contributed by atoms with E-state index < -0.39 is 12.1 Å². The zero-order valence-electron chi connectivity index (χ0n) is 16.5. The number of hydrogen-bond acceptors (Lipinski definition) is 4. The van der Waals surface area contributed by atoms with Crippen LogP contribution in [0, 0.1) is 0 Å². The zero-order valence-corrected chi connectivity index (χ0v) is 16.5. The van der Waals surface area contributed by atoms with Crippen molar-refractivity contribution in [2.24, 2.45) is 5.10 Å². The lowest BCUT2D eigenvalue weighted by Crippen LogP contribution is -2.33. The normalized spacial score (nSPS) is 12.0. The molecule has 0 radical (unpaired) electrons. The molecule has 0 saturated heterocycles. The fraction of sp³-hybridized carbons (Fsp3) is 0.318. The second kappa shape index (κ2) is 10.9. The Balaban J connectivity index is 1.95. The number of amides is 2. The van der Waals surface area contributed by atoms with Gasteiger partial charge in [0.05, 0.1) is 25.3 Å². The lowest BCUT2D eigenvalue weighted by molar-refractivity contribution is -0.121. The van der Waals surface area contributed by atoms with Crippen LogP contribution in [0.2, 0.25) is 0 Å². The summed E-state index contributed by atoms with van der Waals surface area (Å²) < 4.78 is 4.93. The van der Waals surface area contributed by atoms with E-state index >= 15 is 0 Å². The van der Waals surface area contributed by atoms with Gasteiger partial charge < -0.3 is 10.1 Å². The molecule has 1 atom stereocenters. The van der Waals surface area contributed by atoms with Crippen LogP contribution in [-0.4, -0.2) is 24.8 Å². The Labute approximate surface area is 166 Å². The number of nitrogens with one attached hydrogen (secondary N) is 2. The quantitative estimate of drug-likeness (QED) is 0.533. The van der Waals surface area contributed by atoms with Gasteiger partial charge in [-0.15, -0.1) is 0 Å². The molecule has 2 aromatic rings. The highest BCUT2D eigenvalue weighted by Crippen LogP contribution is 2.17. The molecule has 2 amide bonds. The predicted molar refractivity (Wildman–Crippen MR) is 110 cm³/mol. The van der Waals surface area contributed by atoms with Gasteiger partial charge in [0.25, 0.3) is 0 Å². The van der Waals surface area contributed by atoms with Gasteiger partial charge in [-0.1, -0.05) is 68.4 Å². The van der Waals surface area contributed by atoms with Gasteiger partial charge in [0.1, 0.15) is 0 Å². The van der Waals surface area contributed by atoms with Gasteiger partial charge in [0.15, 0.2) is 0 Å². The second-order valence-corrected chi connectivity index (χ2v) is 6.65. The summed E-state index contributed by atoms with van der Waals surface area (Å²) in [5.41, 5.74) is 5.48. The maximum Gasteiger partial charge on any atom is 0.407 e. The number of nitrogens with zero attached hydrogens (tertiary/aromatic N) is 1. The first kappa shape index (κ1) is 21.2. The Kier molecular flexibility index (Phi) is 8.21. The highest BCUT2D eigenvalue weighted by Gasteiger charge is 2.18. The highest BCUT2D eigenvalue weighted by molar-refractivity contribution is 5.83. The molecule has 0 aliphatic carbocycles. The topological polar surface area (TPSA) is 79.8 Å². The molecule has 0 bridgehead atoms. The van der Waals surface area contributed by atoms with Gasteiger partial charge in [-0.25, -0.2) is 10.2 Å². The van der Waals surface area contributed by atoms with Crippen LogP contribution in [0.5, 0.6) is 0 Å². The van der Waals surface area contributed by atoms with Crippen molar-refractivity contribution in [1.82, 2.24) is 10.7 Å². The monoisotopic (exact) mass is 381 g/mol. The molecular formula is C22H27N3O3. The summed E-state index contributed by atoms with van der Waals surface area (Å²) in [7, 11) is 0. The van der Waals surface area contributed by atoms with Crippen molar-refractivity contribution in [2.75, 3.05) is 6.61 Å². The molecule has 0 unspecified atom stereocenters. The smallest absolute Gasteiger partial charge is 0.407 e. The van der Waals surface area contributed by atoms with Crippen LogP contribution in [0.4, 0.5) is 4.79 Å². The van der Waals surface area contributed by atoms with Gasteiger partial charge in [-0.3, -0.25) is 4.79 Å². The largest absolute Gasteiger partial charge is 0.450 e. The molecule has 0 aliphatic heterocycles. The molecule has 0 fully saturated rings. The summed E-state index contributed by atoms with van der Waals surface area (Å²) in [5, 5.41) is 6.73. The van der Waals surface area contributed by atoms with E-state index in [0.29, 0.717) is 5.92 Å². The molecule has 148 valence electrons. The maximum atomic E-state index is 12.3. The van der Waals surface area contributed by atoms with Gasteiger partial charge in [-0.05, 0) is 29.5 Å². The third-order valence-electron chi connectivity index (χ3n) is 4.16. The molecule has 0 spiro atoms. The van der Waals surface area contributed by atoms with E-state index in [9.17, 15) is 9.59 Å². The van der Waals surface area contributed by atoms with Crippen molar-refractivity contribution in [3.63, 3.8) is 0 Å². The predicted octanol–water partition coefficient (Wildman–Crippen LogP) is 4.14. The number of carbonyl (C=O) groups excluding carboxylic acids is 2. The van der Waals surface area contributed by atoms with E-state index in [4.69, 9.17) is 4.74 Å². The summed E-state index contributed by atoms with van der Waals surface area (Å²) in [6.45, 7) is 6.26. The lowest BCUT2D eigenvalue weighted by atomic mass is 10.0. The Bertz CT molecular complexity index is 786. The van der Waals surface area contributed by atoms with Crippen molar-refractivity contribution < 1.29 is 14.3 Å². The van der Waals surface area contributed by atoms with Crippen LogP contribution in [-0.2, 0) is 9.53 Å². The van der Waals surface area contributed by atoms with Crippen molar-refractivity contribution in [1.29, 1.82) is 0 Å². The van der Waals surface area contributed by atoms with E-state index in [2.05, 4.69) is 29.7 Å². The minimum absolute atomic E-state index is 0.0481. The fourth-order valence-electron chi connectivity index (χ4n) is 2.63. The fourth-order valence-corrected chi connectivity index (χ4v) is 2.63. The molecule has 2 N–H and O–H groups in total. The molecular weight excluding hydrogens is 354 g/mol. The summed E-state index contributed by atoms with van der Waals surface area (Å²) in [4.78, 5) is 24.1. The van der Waals surface area contributed by atoms with Gasteiger partial charge in [0.2, 0.25) is 5.91 Å². The Morgan fingerprint density at radius 3 is 2.32 bits per heavy atom. The van der Waals surface area contributed by atoms with Crippen molar-refractivity contribution in [3.05, 3.63) is 71.3 Å². The lowest BCUT2D eigenvalue weighted by Gasteiger charge is -2.18. The number of ether oxygens (including phenoxy) is 1. The number of alkyl carbamates (subject to hydrolysis) is 1. The molecule has 0 aliphatic rings.